The van der Waals surface area contributed by atoms with E-state index >= 15 is 0 Å². The fourth-order valence-corrected chi connectivity index (χ4v) is 1.73. The lowest BCUT2D eigenvalue weighted by Gasteiger charge is -2.17. The van der Waals surface area contributed by atoms with E-state index in [4.69, 9.17) is 0 Å². The minimum Gasteiger partial charge on any atom is -0.304 e. The van der Waals surface area contributed by atoms with Crippen LogP contribution in [0.3, 0.4) is 0 Å². The highest BCUT2D eigenvalue weighted by Gasteiger charge is 2.29. The van der Waals surface area contributed by atoms with E-state index in [1.54, 1.807) is 6.92 Å². The molecule has 0 aliphatic carbocycles. The summed E-state index contributed by atoms with van der Waals surface area (Å²) in [5, 5.41) is 0. The van der Waals surface area contributed by atoms with Gasteiger partial charge in [0.15, 0.2) is 5.78 Å². The lowest BCUT2D eigenvalue weighted by atomic mass is 10.2. The van der Waals surface area contributed by atoms with Crippen LogP contribution in [0.5, 0.6) is 0 Å². The van der Waals surface area contributed by atoms with Gasteiger partial charge >= 0.3 is 0 Å². The average Bonchev–Trinajstić information content (AvgIpc) is 2.45. The van der Waals surface area contributed by atoms with Gasteiger partial charge in [-0.1, -0.05) is 0 Å². The Balaban J connectivity index is 2.38. The molecule has 1 aromatic carbocycles. The molecule has 1 amide bonds. The number of hydrogen-bond donors (Lipinski definition) is 0. The number of aryl methyl sites for hydroxylation is 1. The van der Waals surface area contributed by atoms with E-state index < -0.39 is 0 Å². The smallest absolute Gasteiger partial charge is 0.234 e. The first-order chi connectivity index (χ1) is 7.08. The largest absolute Gasteiger partial charge is 0.304 e. The fourth-order valence-electron chi connectivity index (χ4n) is 1.73. The number of carbonyl (C=O) groups is 2. The summed E-state index contributed by atoms with van der Waals surface area (Å²) in [4.78, 5) is 23.9. The van der Waals surface area contributed by atoms with Crippen molar-refractivity contribution in [3.63, 3.8) is 0 Å². The van der Waals surface area contributed by atoms with Crippen LogP contribution >= 0.6 is 0 Å². The Morgan fingerprint density at radius 2 is 2.07 bits per heavy atom. The van der Waals surface area contributed by atoms with Gasteiger partial charge in [0, 0.05) is 5.69 Å². The maximum atomic E-state index is 12.8. The number of halogens is 1. The first-order valence-electron chi connectivity index (χ1n) is 4.66. The van der Waals surface area contributed by atoms with Gasteiger partial charge < -0.3 is 4.90 Å². The summed E-state index contributed by atoms with van der Waals surface area (Å²) < 4.78 is 12.8. The van der Waals surface area contributed by atoms with Crippen molar-refractivity contribution in [2.45, 2.75) is 13.3 Å². The molecule has 0 aromatic heterocycles. The molecule has 2 rings (SSSR count). The summed E-state index contributed by atoms with van der Waals surface area (Å²) in [5.41, 5.74) is 1.28. The van der Waals surface area contributed by atoms with E-state index in [1.807, 2.05) is 0 Å². The maximum Gasteiger partial charge on any atom is 0.234 e. The first-order valence-corrected chi connectivity index (χ1v) is 4.66. The van der Waals surface area contributed by atoms with E-state index in [1.165, 1.54) is 23.1 Å². The molecule has 0 spiro atoms. The molecule has 4 heteroatoms. The van der Waals surface area contributed by atoms with Crippen LogP contribution in [-0.2, 0) is 9.59 Å². The molecule has 1 saturated heterocycles. The molecule has 0 atom stereocenters. The lowest BCUT2D eigenvalue weighted by molar-refractivity contribution is -0.121. The molecule has 0 N–H and O–H groups in total. The van der Waals surface area contributed by atoms with Gasteiger partial charge in [0.05, 0.1) is 13.0 Å². The molecule has 1 aliphatic rings. The zero-order valence-corrected chi connectivity index (χ0v) is 8.29. The highest BCUT2D eigenvalue weighted by Crippen LogP contribution is 2.24. The lowest BCUT2D eigenvalue weighted by Crippen LogP contribution is -2.25. The van der Waals surface area contributed by atoms with Gasteiger partial charge in [0.25, 0.3) is 0 Å². The summed E-state index contributed by atoms with van der Waals surface area (Å²) in [7, 11) is 0. The monoisotopic (exact) mass is 207 g/mol. The second kappa shape index (κ2) is 3.46. The number of benzene rings is 1. The molecule has 3 nitrogen and oxygen atoms in total. The fraction of sp³-hybridized carbons (Fsp3) is 0.273. The van der Waals surface area contributed by atoms with Crippen LogP contribution in [0.15, 0.2) is 18.2 Å². The van der Waals surface area contributed by atoms with Crippen LogP contribution in [0.25, 0.3) is 0 Å². The Bertz CT molecular complexity index is 442. The predicted octanol–water partition coefficient (Wildman–Crippen LogP) is 1.44. The topological polar surface area (TPSA) is 37.4 Å². The van der Waals surface area contributed by atoms with Crippen molar-refractivity contribution < 1.29 is 14.0 Å². The van der Waals surface area contributed by atoms with Gasteiger partial charge in [0.2, 0.25) is 5.91 Å². The van der Waals surface area contributed by atoms with E-state index in [9.17, 15) is 14.0 Å². The predicted molar refractivity (Wildman–Crippen MR) is 53.1 cm³/mol. The van der Waals surface area contributed by atoms with Crippen molar-refractivity contribution in [3.05, 3.63) is 29.6 Å². The van der Waals surface area contributed by atoms with Crippen LogP contribution < -0.4 is 4.90 Å². The number of amides is 1. The van der Waals surface area contributed by atoms with Gasteiger partial charge in [0.1, 0.15) is 5.82 Å². The zero-order chi connectivity index (χ0) is 11.0. The standard InChI is InChI=1S/C11H10FNO2/c1-7-4-8(12)2-3-10(7)13-6-9(14)5-11(13)15/h2-4H,5-6H2,1H3. The Kier molecular flexibility index (Phi) is 2.26. The van der Waals surface area contributed by atoms with Crippen LogP contribution in [0, 0.1) is 12.7 Å². The van der Waals surface area contributed by atoms with Crippen LogP contribution in [0.4, 0.5) is 10.1 Å². The van der Waals surface area contributed by atoms with Crippen molar-refractivity contribution in [2.24, 2.45) is 0 Å². The number of ketones is 1. The number of carbonyl (C=O) groups excluding carboxylic acids is 2. The molecule has 78 valence electrons. The molecular formula is C11H10FNO2. The van der Waals surface area contributed by atoms with E-state index in [0.717, 1.165) is 0 Å². The van der Waals surface area contributed by atoms with Gasteiger partial charge in [-0.15, -0.1) is 0 Å². The van der Waals surface area contributed by atoms with Crippen molar-refractivity contribution in [3.8, 4) is 0 Å². The second-order valence-electron chi connectivity index (χ2n) is 3.63. The molecule has 0 unspecified atom stereocenters. The number of rotatable bonds is 1. The van der Waals surface area contributed by atoms with Gasteiger partial charge in [-0.2, -0.15) is 0 Å². The molecular weight excluding hydrogens is 197 g/mol. The summed E-state index contributed by atoms with van der Waals surface area (Å²) in [6, 6.07) is 4.17. The van der Waals surface area contributed by atoms with Crippen LogP contribution in [0.2, 0.25) is 0 Å². The normalized spacial score (nSPS) is 16.3. The summed E-state index contributed by atoms with van der Waals surface area (Å²) in [5.74, 6) is -0.646. The summed E-state index contributed by atoms with van der Waals surface area (Å²) >= 11 is 0. The van der Waals surface area contributed by atoms with E-state index in [0.29, 0.717) is 11.3 Å². The Morgan fingerprint density at radius 1 is 1.33 bits per heavy atom. The number of hydrogen-bond acceptors (Lipinski definition) is 2. The molecule has 1 aliphatic heterocycles. The molecule has 1 aromatic rings. The number of nitrogens with zero attached hydrogens (tertiary/aromatic N) is 1. The minimum atomic E-state index is -0.339. The second-order valence-corrected chi connectivity index (χ2v) is 3.63. The highest BCUT2D eigenvalue weighted by atomic mass is 19.1. The molecule has 15 heavy (non-hydrogen) atoms. The van der Waals surface area contributed by atoms with Gasteiger partial charge in [-0.3, -0.25) is 9.59 Å². The SMILES string of the molecule is Cc1cc(F)ccc1N1CC(=O)CC1=O. The Labute approximate surface area is 86.5 Å². The zero-order valence-electron chi connectivity index (χ0n) is 8.29. The average molecular weight is 207 g/mol. The third kappa shape index (κ3) is 1.75. The number of anilines is 1. The van der Waals surface area contributed by atoms with E-state index in [2.05, 4.69) is 0 Å². The molecule has 0 saturated carbocycles. The van der Waals surface area contributed by atoms with Crippen molar-refractivity contribution >= 4 is 17.4 Å². The Morgan fingerprint density at radius 3 is 2.60 bits per heavy atom. The molecule has 1 fully saturated rings. The molecule has 1 heterocycles. The van der Waals surface area contributed by atoms with Crippen molar-refractivity contribution in [1.82, 2.24) is 0 Å². The third-order valence-electron chi connectivity index (χ3n) is 2.43. The Hall–Kier alpha value is -1.71. The van der Waals surface area contributed by atoms with Crippen molar-refractivity contribution in [1.29, 1.82) is 0 Å². The molecule has 0 bridgehead atoms. The summed E-state index contributed by atoms with van der Waals surface area (Å²) in [6.07, 6.45) is -0.0448. The van der Waals surface area contributed by atoms with Crippen molar-refractivity contribution in [2.75, 3.05) is 11.4 Å². The summed E-state index contributed by atoms with van der Waals surface area (Å²) in [6.45, 7) is 1.82. The quantitative estimate of drug-likeness (QED) is 0.653. The third-order valence-corrected chi connectivity index (χ3v) is 2.43. The molecule has 0 radical (unpaired) electrons. The first kappa shape index (κ1) is 9.83. The highest BCUT2D eigenvalue weighted by molar-refractivity contribution is 6.15. The number of Topliss-reactive ketones (excluding diaryl/α,β-unsaturated/α-hetero) is 1. The van der Waals surface area contributed by atoms with Gasteiger partial charge in [-0.25, -0.2) is 4.39 Å². The van der Waals surface area contributed by atoms with Crippen LogP contribution in [0.1, 0.15) is 12.0 Å². The van der Waals surface area contributed by atoms with Crippen LogP contribution in [-0.4, -0.2) is 18.2 Å². The van der Waals surface area contributed by atoms with E-state index in [-0.39, 0.29) is 30.5 Å². The minimum absolute atomic E-state index is 0.0448. The van der Waals surface area contributed by atoms with Gasteiger partial charge in [-0.05, 0) is 30.7 Å². The maximum absolute atomic E-state index is 12.8.